The minimum Gasteiger partial charge on any atom is -0.362 e. The van der Waals surface area contributed by atoms with Gasteiger partial charge in [-0.3, -0.25) is 9.11 Å². The minimum absolute atomic E-state index is 1.03. The van der Waals surface area contributed by atoms with Gasteiger partial charge in [0.25, 0.3) is 0 Å². The summed E-state index contributed by atoms with van der Waals surface area (Å²) in [6.07, 6.45) is 4.11. The summed E-state index contributed by atoms with van der Waals surface area (Å²) in [5.41, 5.74) is 0. The second kappa shape index (κ2) is 4.29. The lowest BCUT2D eigenvalue weighted by Crippen LogP contribution is -2.17. The van der Waals surface area contributed by atoms with Crippen LogP contribution in [0.1, 0.15) is 0 Å². The molecule has 0 bridgehead atoms. The third-order valence-electron chi connectivity index (χ3n) is 1.02. The van der Waals surface area contributed by atoms with Gasteiger partial charge in [0.05, 0.1) is 6.67 Å². The number of nitrogens with zero attached hydrogens (tertiary/aromatic N) is 2. The fraction of sp³-hybridized carbons (Fsp3) is 0.600. The van der Waals surface area contributed by atoms with E-state index >= 15 is 0 Å². The molecule has 0 aromatic carbocycles. The average Bonchev–Trinajstić information content (AvgIpc) is 2.09. The zero-order valence-electron chi connectivity index (χ0n) is 6.88. The van der Waals surface area contributed by atoms with Gasteiger partial charge >= 0.3 is 10.4 Å². The van der Waals surface area contributed by atoms with E-state index in [0.29, 0.717) is 0 Å². The van der Waals surface area contributed by atoms with Crippen molar-refractivity contribution in [3.8, 4) is 0 Å². The molecule has 1 heterocycles. The monoisotopic (exact) mass is 196 g/mol. The van der Waals surface area contributed by atoms with Crippen molar-refractivity contribution in [2.24, 2.45) is 0 Å². The molecular weight excluding hydrogens is 184 g/mol. The Hall–Kier alpha value is -0.790. The summed E-state index contributed by atoms with van der Waals surface area (Å²) in [6, 6.07) is 0. The van der Waals surface area contributed by atoms with Gasteiger partial charge in [0.15, 0.2) is 0 Å². The molecule has 7 heteroatoms. The van der Waals surface area contributed by atoms with Gasteiger partial charge in [0.2, 0.25) is 0 Å². The molecular formula is C5H12N2O4S. The van der Waals surface area contributed by atoms with E-state index in [-0.39, 0.29) is 0 Å². The van der Waals surface area contributed by atoms with Crippen molar-refractivity contribution in [2.45, 2.75) is 0 Å². The third kappa shape index (κ3) is 9.21. The molecule has 0 aromatic rings. The van der Waals surface area contributed by atoms with Crippen molar-refractivity contribution in [1.29, 1.82) is 0 Å². The van der Waals surface area contributed by atoms with Gasteiger partial charge < -0.3 is 9.80 Å². The first-order valence-corrected chi connectivity index (χ1v) is 4.47. The third-order valence-corrected chi connectivity index (χ3v) is 1.02. The number of hydrogen-bond acceptors (Lipinski definition) is 4. The molecule has 6 nitrogen and oxygen atoms in total. The van der Waals surface area contributed by atoms with Crippen LogP contribution in [0, 0.1) is 0 Å². The summed E-state index contributed by atoms with van der Waals surface area (Å²) in [6.45, 7) is 1.03. The van der Waals surface area contributed by atoms with Gasteiger partial charge in [-0.25, -0.2) is 0 Å². The molecule has 2 N–H and O–H groups in total. The largest absolute Gasteiger partial charge is 0.394 e. The molecule has 0 aliphatic carbocycles. The Kier molecular flexibility index (Phi) is 4.01. The molecule has 0 unspecified atom stereocenters. The number of rotatable bonds is 0. The summed E-state index contributed by atoms with van der Waals surface area (Å²) in [5, 5.41) is 0. The zero-order chi connectivity index (χ0) is 9.78. The van der Waals surface area contributed by atoms with E-state index in [2.05, 4.69) is 36.3 Å². The average molecular weight is 196 g/mol. The highest BCUT2D eigenvalue weighted by molar-refractivity contribution is 7.79. The van der Waals surface area contributed by atoms with Crippen molar-refractivity contribution < 1.29 is 17.5 Å². The molecule has 0 amide bonds. The molecule has 0 aromatic heterocycles. The summed E-state index contributed by atoms with van der Waals surface area (Å²) in [5.74, 6) is 0. The topological polar surface area (TPSA) is 81.1 Å². The Morgan fingerprint density at radius 1 is 1.17 bits per heavy atom. The molecule has 0 spiro atoms. The van der Waals surface area contributed by atoms with Crippen molar-refractivity contribution in [2.75, 3.05) is 20.8 Å². The van der Waals surface area contributed by atoms with Crippen LogP contribution in [0.2, 0.25) is 0 Å². The second-order valence-corrected chi connectivity index (χ2v) is 3.30. The van der Waals surface area contributed by atoms with E-state index in [9.17, 15) is 0 Å². The molecule has 72 valence electrons. The molecule has 12 heavy (non-hydrogen) atoms. The lowest BCUT2D eigenvalue weighted by molar-refractivity contribution is 0.340. The quantitative estimate of drug-likeness (QED) is 0.515. The van der Waals surface area contributed by atoms with Crippen LogP contribution in [0.4, 0.5) is 0 Å². The smallest absolute Gasteiger partial charge is 0.362 e. The Morgan fingerprint density at radius 3 is 1.50 bits per heavy atom. The molecule has 0 fully saturated rings. The van der Waals surface area contributed by atoms with Crippen LogP contribution in [-0.2, 0) is 10.4 Å². The maximum atomic E-state index is 8.74. The zero-order valence-corrected chi connectivity index (χ0v) is 7.69. The summed E-state index contributed by atoms with van der Waals surface area (Å²) < 4.78 is 31.6. The Balaban J connectivity index is 0.000000217. The predicted molar refractivity (Wildman–Crippen MR) is 43.7 cm³/mol. The van der Waals surface area contributed by atoms with Crippen molar-refractivity contribution in [3.63, 3.8) is 0 Å². The van der Waals surface area contributed by atoms with Gasteiger partial charge in [-0.1, -0.05) is 0 Å². The normalized spacial score (nSPS) is 16.0. The van der Waals surface area contributed by atoms with E-state index < -0.39 is 10.4 Å². The van der Waals surface area contributed by atoms with Crippen LogP contribution in [0.5, 0.6) is 0 Å². The predicted octanol–water partition coefficient (Wildman–Crippen LogP) is -0.360. The van der Waals surface area contributed by atoms with Gasteiger partial charge in [0.1, 0.15) is 0 Å². The number of hydrogen-bond donors (Lipinski definition) is 2. The van der Waals surface area contributed by atoms with E-state index in [4.69, 9.17) is 17.5 Å². The highest BCUT2D eigenvalue weighted by Gasteiger charge is 1.99. The second-order valence-electron chi connectivity index (χ2n) is 2.40. The molecule has 0 radical (unpaired) electrons. The van der Waals surface area contributed by atoms with Crippen LogP contribution in [0.25, 0.3) is 0 Å². The van der Waals surface area contributed by atoms with Crippen molar-refractivity contribution in [1.82, 2.24) is 9.80 Å². The van der Waals surface area contributed by atoms with Crippen LogP contribution in [0.15, 0.2) is 12.4 Å². The van der Waals surface area contributed by atoms with Crippen LogP contribution >= 0.6 is 0 Å². The summed E-state index contributed by atoms with van der Waals surface area (Å²) >= 11 is 0. The Bertz CT molecular complexity index is 230. The van der Waals surface area contributed by atoms with Crippen molar-refractivity contribution in [3.05, 3.63) is 12.4 Å². The van der Waals surface area contributed by atoms with Crippen LogP contribution in [0.3, 0.4) is 0 Å². The molecule has 1 aliphatic heterocycles. The van der Waals surface area contributed by atoms with Gasteiger partial charge in [-0.15, -0.1) is 0 Å². The van der Waals surface area contributed by atoms with Gasteiger partial charge in [0, 0.05) is 26.5 Å². The first-order chi connectivity index (χ1) is 5.29. The SMILES string of the molecule is CN1C=CN(C)C1.O=S(=O)(O)O. The molecule has 0 saturated carbocycles. The van der Waals surface area contributed by atoms with Crippen LogP contribution < -0.4 is 0 Å². The van der Waals surface area contributed by atoms with Gasteiger partial charge in [-0.05, 0) is 0 Å². The van der Waals surface area contributed by atoms with Gasteiger partial charge in [-0.2, -0.15) is 8.42 Å². The minimum atomic E-state index is -4.67. The lowest BCUT2D eigenvalue weighted by Gasteiger charge is -2.10. The lowest BCUT2D eigenvalue weighted by atomic mass is 10.9. The molecule has 0 saturated heterocycles. The first kappa shape index (κ1) is 11.2. The fourth-order valence-electron chi connectivity index (χ4n) is 0.674. The van der Waals surface area contributed by atoms with E-state index in [1.54, 1.807) is 0 Å². The molecule has 1 aliphatic rings. The van der Waals surface area contributed by atoms with Crippen molar-refractivity contribution >= 4 is 10.4 Å². The Morgan fingerprint density at radius 2 is 1.42 bits per heavy atom. The van der Waals surface area contributed by atoms with E-state index in [1.165, 1.54) is 0 Å². The highest BCUT2D eigenvalue weighted by Crippen LogP contribution is 1.97. The molecule has 1 rings (SSSR count). The first-order valence-electron chi connectivity index (χ1n) is 3.08. The highest BCUT2D eigenvalue weighted by atomic mass is 32.3. The summed E-state index contributed by atoms with van der Waals surface area (Å²) in [7, 11) is -0.556. The van der Waals surface area contributed by atoms with Crippen LogP contribution in [-0.4, -0.2) is 48.1 Å². The maximum absolute atomic E-state index is 8.74. The van der Waals surface area contributed by atoms with E-state index in [0.717, 1.165) is 6.67 Å². The maximum Gasteiger partial charge on any atom is 0.394 e. The fourth-order valence-corrected chi connectivity index (χ4v) is 0.674. The molecule has 0 atom stereocenters. The Labute approximate surface area is 71.7 Å². The standard InChI is InChI=1S/C5H10N2.H2O4S/c1-6-3-4-7(2)5-6;1-5(2,3)4/h3-4H,5H2,1-2H3;(H2,1,2,3,4). The summed E-state index contributed by atoms with van der Waals surface area (Å²) in [4.78, 5) is 4.25. The van der Waals surface area contributed by atoms with E-state index in [1.807, 2.05) is 0 Å².